The Balaban J connectivity index is 2.13. The second-order valence-corrected chi connectivity index (χ2v) is 3.73. The highest BCUT2D eigenvalue weighted by molar-refractivity contribution is 5.51. The molecule has 0 bridgehead atoms. The highest BCUT2D eigenvalue weighted by Gasteiger charge is 2.15. The van der Waals surface area contributed by atoms with Gasteiger partial charge < -0.3 is 15.0 Å². The fraction of sp³-hybridized carbons (Fsp3) is 0.455. The normalized spacial score (nSPS) is 16.4. The second-order valence-electron chi connectivity index (χ2n) is 3.73. The molecule has 17 heavy (non-hydrogen) atoms. The number of anilines is 1. The van der Waals surface area contributed by atoms with E-state index in [4.69, 9.17) is 0 Å². The van der Waals surface area contributed by atoms with Crippen molar-refractivity contribution < 1.29 is 17.9 Å². The van der Waals surface area contributed by atoms with Gasteiger partial charge in [-0.1, -0.05) is 0 Å². The predicted octanol–water partition coefficient (Wildman–Crippen LogP) is 1.84. The molecule has 94 valence electrons. The van der Waals surface area contributed by atoms with Crippen LogP contribution in [0.1, 0.15) is 0 Å². The Kier molecular flexibility index (Phi) is 3.73. The lowest BCUT2D eigenvalue weighted by Crippen LogP contribution is -2.43. The molecule has 0 aromatic heterocycles. The van der Waals surface area contributed by atoms with Crippen LogP contribution in [-0.2, 0) is 0 Å². The molecule has 1 aromatic rings. The van der Waals surface area contributed by atoms with Crippen LogP contribution in [0.5, 0.6) is 5.75 Å². The maximum atomic E-state index is 13.7. The van der Waals surface area contributed by atoms with Crippen molar-refractivity contribution in [3.8, 4) is 5.75 Å². The number of benzene rings is 1. The molecule has 3 nitrogen and oxygen atoms in total. The van der Waals surface area contributed by atoms with Gasteiger partial charge in [-0.3, -0.25) is 0 Å². The van der Waals surface area contributed by atoms with Crippen molar-refractivity contribution in [3.05, 3.63) is 24.0 Å². The quantitative estimate of drug-likeness (QED) is 0.880. The molecule has 1 aliphatic rings. The zero-order valence-electron chi connectivity index (χ0n) is 9.13. The Hall–Kier alpha value is -1.43. The lowest BCUT2D eigenvalue weighted by atomic mass is 10.2. The number of rotatable bonds is 3. The number of hydrogen-bond acceptors (Lipinski definition) is 3. The third kappa shape index (κ3) is 3.03. The first-order valence-electron chi connectivity index (χ1n) is 5.37. The minimum atomic E-state index is -2.93. The van der Waals surface area contributed by atoms with E-state index in [2.05, 4.69) is 10.1 Å². The Morgan fingerprint density at radius 3 is 2.53 bits per heavy atom. The van der Waals surface area contributed by atoms with E-state index in [1.807, 2.05) is 4.90 Å². The number of piperazine rings is 1. The largest absolute Gasteiger partial charge is 0.435 e. The number of alkyl halides is 2. The van der Waals surface area contributed by atoms with E-state index in [-0.39, 0.29) is 5.75 Å². The summed E-state index contributed by atoms with van der Waals surface area (Å²) in [6.45, 7) is 0.0425. The first-order valence-corrected chi connectivity index (χ1v) is 5.37. The molecule has 0 atom stereocenters. The van der Waals surface area contributed by atoms with E-state index in [9.17, 15) is 13.2 Å². The summed E-state index contributed by atoms with van der Waals surface area (Å²) >= 11 is 0. The molecule has 6 heteroatoms. The molecule has 1 fully saturated rings. The molecule has 1 saturated heterocycles. The SMILES string of the molecule is Fc1cc(OC(F)F)ccc1N1CCNCC1. The summed E-state index contributed by atoms with van der Waals surface area (Å²) in [6.07, 6.45) is 0. The van der Waals surface area contributed by atoms with Crippen LogP contribution in [0.15, 0.2) is 18.2 Å². The molecule has 1 aliphatic heterocycles. The first kappa shape index (κ1) is 12.0. The predicted molar refractivity (Wildman–Crippen MR) is 58.1 cm³/mol. The van der Waals surface area contributed by atoms with Gasteiger partial charge in [0.05, 0.1) is 5.69 Å². The Morgan fingerprint density at radius 1 is 1.24 bits per heavy atom. The van der Waals surface area contributed by atoms with Crippen molar-refractivity contribution in [1.82, 2.24) is 5.32 Å². The Morgan fingerprint density at radius 2 is 1.94 bits per heavy atom. The summed E-state index contributed by atoms with van der Waals surface area (Å²) in [6, 6.07) is 3.81. The van der Waals surface area contributed by atoms with Crippen molar-refractivity contribution >= 4 is 5.69 Å². The van der Waals surface area contributed by atoms with E-state index >= 15 is 0 Å². The smallest absolute Gasteiger partial charge is 0.387 e. The van der Waals surface area contributed by atoms with Gasteiger partial charge in [0.2, 0.25) is 0 Å². The number of ether oxygens (including phenoxy) is 1. The van der Waals surface area contributed by atoms with E-state index < -0.39 is 12.4 Å². The Labute approximate surface area is 97.2 Å². The fourth-order valence-electron chi connectivity index (χ4n) is 1.83. The van der Waals surface area contributed by atoms with Crippen molar-refractivity contribution in [3.63, 3.8) is 0 Å². The molecular weight excluding hydrogens is 233 g/mol. The van der Waals surface area contributed by atoms with Crippen molar-refractivity contribution in [2.24, 2.45) is 0 Å². The van der Waals surface area contributed by atoms with Crippen molar-refractivity contribution in [1.29, 1.82) is 0 Å². The van der Waals surface area contributed by atoms with Crippen LogP contribution >= 0.6 is 0 Å². The maximum Gasteiger partial charge on any atom is 0.387 e. The molecule has 0 aliphatic carbocycles. The fourth-order valence-corrected chi connectivity index (χ4v) is 1.83. The zero-order valence-corrected chi connectivity index (χ0v) is 9.13. The molecule has 0 saturated carbocycles. The molecule has 0 amide bonds. The van der Waals surface area contributed by atoms with E-state index in [1.54, 1.807) is 0 Å². The summed E-state index contributed by atoms with van der Waals surface area (Å²) in [5, 5.41) is 3.15. The van der Waals surface area contributed by atoms with Gasteiger partial charge in [-0.05, 0) is 12.1 Å². The number of nitrogens with one attached hydrogen (secondary N) is 1. The second kappa shape index (κ2) is 5.27. The number of hydrogen-bond donors (Lipinski definition) is 1. The lowest BCUT2D eigenvalue weighted by Gasteiger charge is -2.29. The molecule has 0 radical (unpaired) electrons. The van der Waals surface area contributed by atoms with Crippen LogP contribution in [0.2, 0.25) is 0 Å². The van der Waals surface area contributed by atoms with Crippen LogP contribution in [0.25, 0.3) is 0 Å². The Bertz CT molecular complexity index is 381. The number of nitrogens with zero attached hydrogens (tertiary/aromatic N) is 1. The minimum absolute atomic E-state index is 0.156. The number of halogens is 3. The monoisotopic (exact) mass is 246 g/mol. The summed E-state index contributed by atoms with van der Waals surface area (Å²) in [7, 11) is 0. The highest BCUT2D eigenvalue weighted by atomic mass is 19.3. The van der Waals surface area contributed by atoms with Crippen molar-refractivity contribution in [2.45, 2.75) is 6.61 Å². The minimum Gasteiger partial charge on any atom is -0.435 e. The third-order valence-electron chi connectivity index (χ3n) is 2.60. The highest BCUT2D eigenvalue weighted by Crippen LogP contribution is 2.25. The molecule has 1 N–H and O–H groups in total. The van der Waals surface area contributed by atoms with Crippen LogP contribution in [0.3, 0.4) is 0 Å². The van der Waals surface area contributed by atoms with Gasteiger partial charge in [0, 0.05) is 32.2 Å². The van der Waals surface area contributed by atoms with Crippen LogP contribution in [0.4, 0.5) is 18.9 Å². The average Bonchev–Trinajstić information content (AvgIpc) is 2.29. The van der Waals surface area contributed by atoms with Gasteiger partial charge in [0.25, 0.3) is 0 Å². The van der Waals surface area contributed by atoms with E-state index in [1.165, 1.54) is 12.1 Å². The third-order valence-corrected chi connectivity index (χ3v) is 2.60. The zero-order chi connectivity index (χ0) is 12.3. The summed E-state index contributed by atoms with van der Waals surface area (Å²) in [4.78, 5) is 1.87. The summed E-state index contributed by atoms with van der Waals surface area (Å²) < 4.78 is 41.7. The maximum absolute atomic E-state index is 13.7. The van der Waals surface area contributed by atoms with Gasteiger partial charge in [-0.25, -0.2) is 4.39 Å². The average molecular weight is 246 g/mol. The molecule has 0 unspecified atom stereocenters. The van der Waals surface area contributed by atoms with Gasteiger partial charge in [-0.2, -0.15) is 8.78 Å². The van der Waals surface area contributed by atoms with E-state index in [0.29, 0.717) is 18.8 Å². The molecule has 1 aromatic carbocycles. The standard InChI is InChI=1S/C11H13F3N2O/c12-9-7-8(17-11(13)14)1-2-10(9)16-5-3-15-4-6-16/h1-2,7,11,15H,3-6H2. The van der Waals surface area contributed by atoms with Crippen LogP contribution < -0.4 is 15.0 Å². The van der Waals surface area contributed by atoms with Gasteiger partial charge >= 0.3 is 6.61 Å². The van der Waals surface area contributed by atoms with Crippen LogP contribution in [-0.4, -0.2) is 32.8 Å². The molecule has 1 heterocycles. The summed E-state index contributed by atoms with van der Waals surface area (Å²) in [5.41, 5.74) is 0.424. The molecule has 2 rings (SSSR count). The van der Waals surface area contributed by atoms with Crippen molar-refractivity contribution in [2.75, 3.05) is 31.1 Å². The van der Waals surface area contributed by atoms with Gasteiger partial charge in [0.15, 0.2) is 0 Å². The summed E-state index contributed by atoms with van der Waals surface area (Å²) in [5.74, 6) is -0.693. The molecule has 0 spiro atoms. The first-order chi connectivity index (χ1) is 8.16. The lowest BCUT2D eigenvalue weighted by molar-refractivity contribution is -0.0499. The van der Waals surface area contributed by atoms with Gasteiger partial charge in [-0.15, -0.1) is 0 Å². The van der Waals surface area contributed by atoms with Crippen LogP contribution in [0, 0.1) is 5.82 Å². The topological polar surface area (TPSA) is 24.5 Å². The van der Waals surface area contributed by atoms with E-state index in [0.717, 1.165) is 19.2 Å². The molecular formula is C11H13F3N2O. The van der Waals surface area contributed by atoms with Gasteiger partial charge in [0.1, 0.15) is 11.6 Å².